The number of rotatable bonds is 2. The maximum Gasteiger partial charge on any atom is 0.205 e. The molecule has 0 amide bonds. The second-order valence-electron chi connectivity index (χ2n) is 5.90. The van der Waals surface area contributed by atoms with Gasteiger partial charge in [-0.25, -0.2) is 0 Å². The summed E-state index contributed by atoms with van der Waals surface area (Å²) in [6.07, 6.45) is 0. The summed E-state index contributed by atoms with van der Waals surface area (Å²) in [5.74, 6) is 1.32. The Bertz CT molecular complexity index is 1030. The third-order valence-electron chi connectivity index (χ3n) is 4.55. The molecule has 0 spiro atoms. The molecule has 4 rings (SSSR count). The Kier molecular flexibility index (Phi) is 3.55. The summed E-state index contributed by atoms with van der Waals surface area (Å²) < 4.78 is 11.1. The van der Waals surface area contributed by atoms with Crippen molar-refractivity contribution in [2.45, 2.75) is 5.92 Å². The first kappa shape index (κ1) is 15.1. The van der Waals surface area contributed by atoms with Gasteiger partial charge in [-0.2, -0.15) is 5.26 Å². The van der Waals surface area contributed by atoms with Crippen LogP contribution in [0.2, 0.25) is 0 Å². The van der Waals surface area contributed by atoms with E-state index >= 15 is 0 Å². The van der Waals surface area contributed by atoms with Gasteiger partial charge in [0.2, 0.25) is 5.88 Å². The molecule has 0 aliphatic carbocycles. The lowest BCUT2D eigenvalue weighted by Gasteiger charge is -2.28. The first-order chi connectivity index (χ1) is 12.2. The second-order valence-corrected chi connectivity index (χ2v) is 5.90. The standard InChI is InChI=1S/C21H16N2O2/c1-24-15-9-7-13-8-10-18-20(16(13)11-15)19(14-5-3-2-4-6-14)17(12-22)21(23)25-18/h2-11,19H,23H2,1H3. The van der Waals surface area contributed by atoms with Crippen LogP contribution in [0, 0.1) is 11.3 Å². The predicted molar refractivity (Wildman–Crippen MR) is 96.2 cm³/mol. The van der Waals surface area contributed by atoms with Gasteiger partial charge >= 0.3 is 0 Å². The van der Waals surface area contributed by atoms with Gasteiger partial charge in [0.15, 0.2) is 0 Å². The van der Waals surface area contributed by atoms with E-state index in [0.29, 0.717) is 11.3 Å². The largest absolute Gasteiger partial charge is 0.497 e. The zero-order valence-electron chi connectivity index (χ0n) is 13.7. The molecule has 4 heteroatoms. The number of methoxy groups -OCH3 is 1. The molecule has 3 aromatic rings. The molecule has 0 saturated carbocycles. The molecule has 25 heavy (non-hydrogen) atoms. The first-order valence-electron chi connectivity index (χ1n) is 7.96. The summed E-state index contributed by atoms with van der Waals surface area (Å²) >= 11 is 0. The Morgan fingerprint density at radius 3 is 2.56 bits per heavy atom. The molecule has 0 bridgehead atoms. The average Bonchev–Trinajstić information content (AvgIpc) is 2.66. The summed E-state index contributed by atoms with van der Waals surface area (Å²) in [6.45, 7) is 0. The maximum atomic E-state index is 9.70. The van der Waals surface area contributed by atoms with Crippen molar-refractivity contribution in [3.8, 4) is 17.6 Å². The summed E-state index contributed by atoms with van der Waals surface area (Å²) in [7, 11) is 1.64. The molecule has 3 aromatic carbocycles. The molecule has 1 atom stereocenters. The van der Waals surface area contributed by atoms with E-state index in [-0.39, 0.29) is 11.8 Å². The number of nitrogens with two attached hydrogens (primary N) is 1. The number of hydrogen-bond acceptors (Lipinski definition) is 4. The van der Waals surface area contributed by atoms with Crippen molar-refractivity contribution < 1.29 is 9.47 Å². The summed E-state index contributed by atoms with van der Waals surface area (Å²) in [5, 5.41) is 11.7. The van der Waals surface area contributed by atoms with Gasteiger partial charge in [0, 0.05) is 5.56 Å². The number of nitriles is 1. The zero-order chi connectivity index (χ0) is 17.4. The minimum absolute atomic E-state index is 0.158. The van der Waals surface area contributed by atoms with Crippen LogP contribution in [0.1, 0.15) is 17.0 Å². The average molecular weight is 328 g/mol. The predicted octanol–water partition coefficient (Wildman–Crippen LogP) is 4.07. The van der Waals surface area contributed by atoms with Gasteiger partial charge in [-0.15, -0.1) is 0 Å². The van der Waals surface area contributed by atoms with Gasteiger partial charge in [0.25, 0.3) is 0 Å². The molecule has 0 fully saturated rings. The molecule has 122 valence electrons. The third kappa shape index (κ3) is 2.38. The van der Waals surface area contributed by atoms with Crippen LogP contribution in [-0.4, -0.2) is 7.11 Å². The Morgan fingerprint density at radius 1 is 1.08 bits per heavy atom. The van der Waals surface area contributed by atoms with E-state index in [1.54, 1.807) is 7.11 Å². The van der Waals surface area contributed by atoms with Crippen molar-refractivity contribution in [1.82, 2.24) is 0 Å². The van der Waals surface area contributed by atoms with Gasteiger partial charge in [-0.3, -0.25) is 0 Å². The molecule has 4 nitrogen and oxygen atoms in total. The highest BCUT2D eigenvalue weighted by Gasteiger charge is 2.32. The number of benzene rings is 3. The van der Waals surface area contributed by atoms with Gasteiger partial charge < -0.3 is 15.2 Å². The van der Waals surface area contributed by atoms with Crippen LogP contribution < -0.4 is 15.2 Å². The number of allylic oxidation sites excluding steroid dienone is 1. The van der Waals surface area contributed by atoms with Crippen molar-refractivity contribution in [1.29, 1.82) is 5.26 Å². The van der Waals surface area contributed by atoms with E-state index in [1.165, 1.54) is 0 Å². The smallest absolute Gasteiger partial charge is 0.205 e. The molecule has 1 aliphatic rings. The van der Waals surface area contributed by atoms with Crippen LogP contribution >= 0.6 is 0 Å². The fourth-order valence-electron chi connectivity index (χ4n) is 3.37. The molecular formula is C21H16N2O2. The highest BCUT2D eigenvalue weighted by Crippen LogP contribution is 2.46. The molecular weight excluding hydrogens is 312 g/mol. The monoisotopic (exact) mass is 328 g/mol. The van der Waals surface area contributed by atoms with Gasteiger partial charge in [0.1, 0.15) is 23.1 Å². The summed E-state index contributed by atoms with van der Waals surface area (Å²) in [6, 6.07) is 21.9. The van der Waals surface area contributed by atoms with Crippen molar-refractivity contribution in [2.24, 2.45) is 5.73 Å². The fourth-order valence-corrected chi connectivity index (χ4v) is 3.37. The van der Waals surface area contributed by atoms with Gasteiger partial charge in [0.05, 0.1) is 13.0 Å². The van der Waals surface area contributed by atoms with Crippen LogP contribution in [0.25, 0.3) is 10.8 Å². The Balaban J connectivity index is 2.07. The molecule has 1 heterocycles. The minimum Gasteiger partial charge on any atom is -0.497 e. The Labute approximate surface area is 145 Å². The lowest BCUT2D eigenvalue weighted by Crippen LogP contribution is -2.21. The SMILES string of the molecule is COc1ccc2ccc3c(c2c1)C(c1ccccc1)C(C#N)=C(N)O3. The van der Waals surface area contributed by atoms with Crippen LogP contribution in [0.5, 0.6) is 11.5 Å². The number of ether oxygens (including phenoxy) is 2. The number of fused-ring (bicyclic) bond motifs is 3. The topological polar surface area (TPSA) is 68.3 Å². The molecule has 0 radical (unpaired) electrons. The van der Waals surface area contributed by atoms with Crippen molar-refractivity contribution in [3.63, 3.8) is 0 Å². The molecule has 1 unspecified atom stereocenters. The van der Waals surface area contributed by atoms with Crippen molar-refractivity contribution in [2.75, 3.05) is 7.11 Å². The number of hydrogen-bond donors (Lipinski definition) is 1. The molecule has 2 N–H and O–H groups in total. The van der Waals surface area contributed by atoms with Crippen LogP contribution in [0.3, 0.4) is 0 Å². The van der Waals surface area contributed by atoms with E-state index in [1.807, 2.05) is 60.7 Å². The highest BCUT2D eigenvalue weighted by atomic mass is 16.5. The highest BCUT2D eigenvalue weighted by molar-refractivity contribution is 5.91. The second kappa shape index (κ2) is 5.88. The van der Waals surface area contributed by atoms with E-state index in [9.17, 15) is 5.26 Å². The van der Waals surface area contributed by atoms with Crippen LogP contribution in [-0.2, 0) is 0 Å². The van der Waals surface area contributed by atoms with Crippen molar-refractivity contribution >= 4 is 10.8 Å². The third-order valence-corrected chi connectivity index (χ3v) is 4.55. The Hall–Kier alpha value is -3.45. The normalized spacial score (nSPS) is 16.1. The zero-order valence-corrected chi connectivity index (χ0v) is 13.7. The van der Waals surface area contributed by atoms with Gasteiger partial charge in [-0.05, 0) is 34.5 Å². The first-order valence-corrected chi connectivity index (χ1v) is 7.96. The van der Waals surface area contributed by atoms with Crippen molar-refractivity contribution in [3.05, 3.63) is 83.2 Å². The lowest BCUT2D eigenvalue weighted by atomic mass is 9.81. The molecule has 1 aliphatic heterocycles. The number of nitrogens with zero attached hydrogens (tertiary/aromatic N) is 1. The quantitative estimate of drug-likeness (QED) is 0.770. The van der Waals surface area contributed by atoms with Gasteiger partial charge in [-0.1, -0.05) is 42.5 Å². The summed E-state index contributed by atoms with van der Waals surface area (Å²) in [5.41, 5.74) is 8.41. The fraction of sp³-hybridized carbons (Fsp3) is 0.0952. The molecule has 0 saturated heterocycles. The van der Waals surface area contributed by atoms with E-state index < -0.39 is 0 Å². The summed E-state index contributed by atoms with van der Waals surface area (Å²) in [4.78, 5) is 0. The van der Waals surface area contributed by atoms with E-state index in [0.717, 1.165) is 27.6 Å². The van der Waals surface area contributed by atoms with E-state index in [4.69, 9.17) is 15.2 Å². The van der Waals surface area contributed by atoms with Crippen LogP contribution in [0.15, 0.2) is 72.1 Å². The lowest BCUT2D eigenvalue weighted by molar-refractivity contribution is 0.395. The molecule has 0 aromatic heterocycles. The Morgan fingerprint density at radius 2 is 1.84 bits per heavy atom. The minimum atomic E-state index is -0.272. The van der Waals surface area contributed by atoms with Crippen LogP contribution in [0.4, 0.5) is 0 Å². The van der Waals surface area contributed by atoms with E-state index in [2.05, 4.69) is 6.07 Å². The maximum absolute atomic E-state index is 9.70.